The van der Waals surface area contributed by atoms with E-state index < -0.39 is 0 Å². The van der Waals surface area contributed by atoms with E-state index in [2.05, 4.69) is 13.8 Å². The first-order chi connectivity index (χ1) is 5.21. The molecule has 0 amide bonds. The van der Waals surface area contributed by atoms with Crippen molar-refractivity contribution in [3.05, 3.63) is 0 Å². The molecule has 0 aliphatic heterocycles. The molecule has 2 saturated carbocycles. The molecule has 2 aliphatic rings. The van der Waals surface area contributed by atoms with Crippen LogP contribution in [0, 0.1) is 17.3 Å². The predicted octanol–water partition coefficient (Wildman–Crippen LogP) is 3.61. The van der Waals surface area contributed by atoms with E-state index in [-0.39, 0.29) is 0 Å². The Balaban J connectivity index is 2.19. The molecule has 2 rings (SSSR count). The van der Waals surface area contributed by atoms with Crippen molar-refractivity contribution in [2.24, 2.45) is 17.3 Å². The average Bonchev–Trinajstić information content (AvgIpc) is 2.00. The first-order valence-electron chi connectivity index (χ1n) is 5.21. The summed E-state index contributed by atoms with van der Waals surface area (Å²) in [4.78, 5) is 0. The maximum Gasteiger partial charge on any atom is -0.0298 e. The van der Waals surface area contributed by atoms with Crippen LogP contribution in [0.1, 0.15) is 52.4 Å². The van der Waals surface area contributed by atoms with E-state index in [1.54, 1.807) is 0 Å². The van der Waals surface area contributed by atoms with Gasteiger partial charge >= 0.3 is 0 Å². The van der Waals surface area contributed by atoms with Gasteiger partial charge in [0, 0.05) is 0 Å². The molecule has 2 unspecified atom stereocenters. The molecular weight excluding hydrogens is 132 g/mol. The highest BCUT2D eigenvalue weighted by Crippen LogP contribution is 2.53. The Morgan fingerprint density at radius 1 is 0.818 bits per heavy atom. The van der Waals surface area contributed by atoms with E-state index in [0.717, 1.165) is 11.8 Å². The molecule has 11 heavy (non-hydrogen) atoms. The SMILES string of the molecule is CC1(C)C2CCCCC1CC2. The van der Waals surface area contributed by atoms with E-state index >= 15 is 0 Å². The van der Waals surface area contributed by atoms with Crippen LogP contribution in [0.2, 0.25) is 0 Å². The van der Waals surface area contributed by atoms with Crippen LogP contribution < -0.4 is 0 Å². The minimum absolute atomic E-state index is 0.691. The minimum atomic E-state index is 0.691. The van der Waals surface area contributed by atoms with Crippen LogP contribution in [0.4, 0.5) is 0 Å². The molecule has 0 heteroatoms. The quantitative estimate of drug-likeness (QED) is 0.497. The Kier molecular flexibility index (Phi) is 1.74. The molecule has 0 spiro atoms. The number of rotatable bonds is 0. The van der Waals surface area contributed by atoms with Gasteiger partial charge in [-0.3, -0.25) is 0 Å². The summed E-state index contributed by atoms with van der Waals surface area (Å²) in [5.74, 6) is 2.13. The van der Waals surface area contributed by atoms with Gasteiger partial charge in [-0.1, -0.05) is 26.7 Å². The number of fused-ring (bicyclic) bond motifs is 2. The highest BCUT2D eigenvalue weighted by molar-refractivity contribution is 4.93. The fourth-order valence-electron chi connectivity index (χ4n) is 3.29. The van der Waals surface area contributed by atoms with Crippen molar-refractivity contribution in [2.45, 2.75) is 52.4 Å². The van der Waals surface area contributed by atoms with Gasteiger partial charge in [0.05, 0.1) is 0 Å². The van der Waals surface area contributed by atoms with Gasteiger partial charge in [-0.25, -0.2) is 0 Å². The second-order valence-corrected chi connectivity index (χ2v) is 5.08. The fraction of sp³-hybridized carbons (Fsp3) is 1.00. The van der Waals surface area contributed by atoms with Crippen molar-refractivity contribution < 1.29 is 0 Å². The van der Waals surface area contributed by atoms with Gasteiger partial charge in [-0.2, -0.15) is 0 Å². The smallest absolute Gasteiger partial charge is 0.0298 e. The van der Waals surface area contributed by atoms with Crippen molar-refractivity contribution in [3.63, 3.8) is 0 Å². The van der Waals surface area contributed by atoms with Gasteiger partial charge in [-0.05, 0) is 42.9 Å². The molecule has 2 atom stereocenters. The maximum absolute atomic E-state index is 2.50. The minimum Gasteiger partial charge on any atom is -0.0594 e. The molecule has 0 nitrogen and oxygen atoms in total. The third-order valence-electron chi connectivity index (χ3n) is 4.32. The summed E-state index contributed by atoms with van der Waals surface area (Å²) >= 11 is 0. The van der Waals surface area contributed by atoms with Crippen molar-refractivity contribution in [3.8, 4) is 0 Å². The van der Waals surface area contributed by atoms with Crippen molar-refractivity contribution >= 4 is 0 Å². The molecule has 0 aromatic heterocycles. The first kappa shape index (κ1) is 7.64. The Labute approximate surface area is 70.4 Å². The summed E-state index contributed by atoms with van der Waals surface area (Å²) in [5, 5.41) is 0. The zero-order valence-corrected chi connectivity index (χ0v) is 7.90. The molecule has 2 bridgehead atoms. The van der Waals surface area contributed by atoms with Crippen LogP contribution in [0.25, 0.3) is 0 Å². The summed E-state index contributed by atoms with van der Waals surface area (Å²) < 4.78 is 0. The third-order valence-corrected chi connectivity index (χ3v) is 4.32. The van der Waals surface area contributed by atoms with Crippen molar-refractivity contribution in [1.29, 1.82) is 0 Å². The molecule has 0 heterocycles. The number of hydrogen-bond donors (Lipinski definition) is 0. The van der Waals surface area contributed by atoms with E-state index in [1.807, 2.05) is 0 Å². The molecule has 0 N–H and O–H groups in total. The van der Waals surface area contributed by atoms with Gasteiger partial charge in [0.15, 0.2) is 0 Å². The lowest BCUT2D eigenvalue weighted by molar-refractivity contribution is 0.189. The molecule has 2 aliphatic carbocycles. The lowest BCUT2D eigenvalue weighted by atomic mass is 9.75. The normalized spacial score (nSPS) is 42.0. The second-order valence-electron chi connectivity index (χ2n) is 5.08. The topological polar surface area (TPSA) is 0 Å². The summed E-state index contributed by atoms with van der Waals surface area (Å²) in [6, 6.07) is 0. The summed E-state index contributed by atoms with van der Waals surface area (Å²) in [6.07, 6.45) is 9.09. The van der Waals surface area contributed by atoms with Gasteiger partial charge in [0.25, 0.3) is 0 Å². The van der Waals surface area contributed by atoms with Gasteiger partial charge in [-0.15, -0.1) is 0 Å². The van der Waals surface area contributed by atoms with E-state index in [0.29, 0.717) is 5.41 Å². The van der Waals surface area contributed by atoms with Crippen LogP contribution in [0.5, 0.6) is 0 Å². The molecule has 0 aromatic carbocycles. The van der Waals surface area contributed by atoms with E-state index in [4.69, 9.17) is 0 Å². The van der Waals surface area contributed by atoms with Crippen LogP contribution in [0.15, 0.2) is 0 Å². The molecular formula is C11H20. The monoisotopic (exact) mass is 152 g/mol. The predicted molar refractivity (Wildman–Crippen MR) is 48.5 cm³/mol. The Bertz CT molecular complexity index is 130. The van der Waals surface area contributed by atoms with E-state index in [9.17, 15) is 0 Å². The van der Waals surface area contributed by atoms with Crippen LogP contribution in [0.3, 0.4) is 0 Å². The molecule has 64 valence electrons. The number of hydrogen-bond acceptors (Lipinski definition) is 0. The lowest BCUT2D eigenvalue weighted by Gasteiger charge is -2.30. The van der Waals surface area contributed by atoms with Gasteiger partial charge < -0.3 is 0 Å². The Morgan fingerprint density at radius 3 is 1.73 bits per heavy atom. The fourth-order valence-corrected chi connectivity index (χ4v) is 3.29. The molecule has 0 radical (unpaired) electrons. The highest BCUT2D eigenvalue weighted by Gasteiger charge is 2.43. The van der Waals surface area contributed by atoms with Gasteiger partial charge in [0.2, 0.25) is 0 Å². The Morgan fingerprint density at radius 2 is 1.27 bits per heavy atom. The van der Waals surface area contributed by atoms with Gasteiger partial charge in [0.1, 0.15) is 0 Å². The molecule has 0 saturated heterocycles. The lowest BCUT2D eigenvalue weighted by Crippen LogP contribution is -2.22. The maximum atomic E-state index is 2.50. The van der Waals surface area contributed by atoms with Crippen molar-refractivity contribution in [1.82, 2.24) is 0 Å². The highest BCUT2D eigenvalue weighted by atomic mass is 14.5. The van der Waals surface area contributed by atoms with E-state index in [1.165, 1.54) is 38.5 Å². The summed E-state index contributed by atoms with van der Waals surface area (Å²) in [5.41, 5.74) is 0.691. The second kappa shape index (κ2) is 2.50. The summed E-state index contributed by atoms with van der Waals surface area (Å²) in [6.45, 7) is 5.00. The molecule has 0 aromatic rings. The third kappa shape index (κ3) is 1.11. The largest absolute Gasteiger partial charge is 0.0594 e. The average molecular weight is 152 g/mol. The van der Waals surface area contributed by atoms with Crippen molar-refractivity contribution in [2.75, 3.05) is 0 Å². The zero-order chi connectivity index (χ0) is 7.90. The zero-order valence-electron chi connectivity index (χ0n) is 7.90. The Hall–Kier alpha value is 0. The van der Waals surface area contributed by atoms with Crippen LogP contribution >= 0.6 is 0 Å². The standard InChI is InChI=1S/C11H20/c1-11(2)9-5-3-4-6-10(11)8-7-9/h9-10H,3-8H2,1-2H3. The van der Waals surface area contributed by atoms with Crippen LogP contribution in [-0.4, -0.2) is 0 Å². The molecule has 2 fully saturated rings. The summed E-state index contributed by atoms with van der Waals surface area (Å²) in [7, 11) is 0. The first-order valence-corrected chi connectivity index (χ1v) is 5.21. The van der Waals surface area contributed by atoms with Crippen LogP contribution in [-0.2, 0) is 0 Å².